The molecule has 0 spiro atoms. The number of aliphatic hydroxyl groups excluding tert-OH is 4. The molecule has 0 aliphatic heterocycles. The third-order valence-electron chi connectivity index (χ3n) is 16.0. The number of hydrogen-bond donors (Lipinski definition) is 9. The van der Waals surface area contributed by atoms with Gasteiger partial charge in [0.05, 0.1) is 142 Å². The number of pyridine rings is 7. The van der Waals surface area contributed by atoms with Crippen LogP contribution in [-0.2, 0) is 63.4 Å². The van der Waals surface area contributed by atoms with Crippen LogP contribution >= 0.6 is 91.0 Å². The topological polar surface area (TPSA) is 448 Å². The Hall–Kier alpha value is -11.5. The third kappa shape index (κ3) is 24.8. The van der Waals surface area contributed by atoms with Gasteiger partial charge >= 0.3 is 42.9 Å². The number of esters is 2. The number of ether oxygens (including phenoxy) is 3. The summed E-state index contributed by atoms with van der Waals surface area (Å²) in [6.07, 6.45) is 10.6. The summed E-state index contributed by atoms with van der Waals surface area (Å²) in [5.41, 5.74) is 16.7. The standard InChI is InChI=1S/C27H25N3O6S.C12H13N3O4S.C9H7NO3S.C9H7NO2S.C8H4N2S.C8H7NOS.C7H4ClNS.Li/c31-15-20-11-12-28-21-13-23(37-24(20)21)25(32)29-14-22(26(33)35-16-18-7-3-1-4-8-18)30-27(34)36-17-19-9-5-2-6-10-19;13-7(12(18)19)4-15-11(17)9-3-8-10(20-9)6(5-16)1-2-14-8;11-4-5-1-2-10-6-3-7(9(12)13)14-8(5)6;1-12-9(11)6-2-4-10-7-3-5-13-8(6)7;9-5-6-1-3-10-7-2-4-11-8(6)7;10-5-6-1-3-9-7-2-4-11-8(6)7;8-5-1-3-9-6-2-4-10-7(5)6;/h1-13,22,31H,14-17H2,(H,29,32)(H,30,34);1-3,7,16H,4-5,13H2,(H,15,17)(H,18,19);1-3,11H,4H2,(H,12,13);2-5H,1H3;1-4H;1-4,10H,5H2;1-4H;/q;;;;;;;+1/p-1/t22-;7-;;;;;;/m11....../s1. The number of aromatic carboxylic acids is 1. The van der Waals surface area contributed by atoms with Crippen LogP contribution in [0.2, 0.25) is 5.02 Å². The maximum atomic E-state index is 12.8. The van der Waals surface area contributed by atoms with Crippen molar-refractivity contribution in [3.05, 3.63) is 275 Å². The summed E-state index contributed by atoms with van der Waals surface area (Å²) >= 11 is 15.6. The Kier molecular flexibility index (Phi) is 34.5. The van der Waals surface area contributed by atoms with E-state index in [-0.39, 0.29) is 82.4 Å². The maximum Gasteiger partial charge on any atom is 1.00 e. The van der Waals surface area contributed by atoms with E-state index in [0.717, 1.165) is 78.6 Å². The molecule has 0 saturated carbocycles. The molecule has 0 bridgehead atoms. The van der Waals surface area contributed by atoms with Gasteiger partial charge in [-0.1, -0.05) is 72.3 Å². The molecule has 117 heavy (non-hydrogen) atoms. The maximum absolute atomic E-state index is 12.8. The Morgan fingerprint density at radius 1 is 0.496 bits per heavy atom. The average molecular weight is 1720 g/mol. The van der Waals surface area contributed by atoms with E-state index < -0.39 is 47.9 Å². The van der Waals surface area contributed by atoms with Crippen LogP contribution in [0.4, 0.5) is 4.79 Å². The van der Waals surface area contributed by atoms with Gasteiger partial charge in [0.15, 0.2) is 0 Å². The van der Waals surface area contributed by atoms with E-state index in [4.69, 9.17) is 47.4 Å². The van der Waals surface area contributed by atoms with Crippen LogP contribution in [0.15, 0.2) is 210 Å². The van der Waals surface area contributed by atoms with Crippen molar-refractivity contribution in [1.29, 1.82) is 5.26 Å². The predicted octanol–water partition coefficient (Wildman–Crippen LogP) is 9.63. The number of carboxylic acid groups (broad SMARTS) is 2. The van der Waals surface area contributed by atoms with Gasteiger partial charge in [0.1, 0.15) is 31.4 Å². The second-order valence-corrected chi connectivity index (χ2v) is 30.9. The number of nitrogens with one attached hydrogen (secondary N) is 3. The molecule has 16 rings (SSSR count). The number of aliphatic carboxylic acids is 1. The number of benzene rings is 2. The van der Waals surface area contributed by atoms with Crippen molar-refractivity contribution in [3.63, 3.8) is 0 Å². The fourth-order valence-electron chi connectivity index (χ4n) is 10.3. The van der Waals surface area contributed by atoms with Crippen molar-refractivity contribution in [2.45, 2.75) is 51.7 Å². The number of halogens is 1. The largest absolute Gasteiger partial charge is 1.00 e. The molecule has 0 fully saturated rings. The van der Waals surface area contributed by atoms with E-state index >= 15 is 0 Å². The molecule has 28 nitrogen and oxygen atoms in total. The number of carboxylic acids is 2. The molecule has 10 N–H and O–H groups in total. The first-order chi connectivity index (χ1) is 56.3. The third-order valence-corrected chi connectivity index (χ3v) is 23.8. The van der Waals surface area contributed by atoms with Gasteiger partial charge in [-0.05, 0) is 140 Å². The van der Waals surface area contributed by atoms with Gasteiger partial charge in [-0.15, -0.1) is 79.4 Å². The van der Waals surface area contributed by atoms with Crippen LogP contribution in [0.1, 0.15) is 78.3 Å². The summed E-state index contributed by atoms with van der Waals surface area (Å²) in [7, 11) is 1.38. The van der Waals surface area contributed by atoms with E-state index in [2.05, 4.69) is 61.6 Å². The van der Waals surface area contributed by atoms with Gasteiger partial charge < -0.3 is 71.3 Å². The fraction of sp³-hybridized carbons (Fsp3) is 0.138. The summed E-state index contributed by atoms with van der Waals surface area (Å²) in [5.74, 6) is -4.28. The number of alkyl carbamates (subject to hydrolysis) is 1. The van der Waals surface area contributed by atoms with E-state index in [9.17, 15) is 48.9 Å². The van der Waals surface area contributed by atoms with Crippen molar-refractivity contribution < 1.29 is 97.3 Å². The number of carbonyl (C=O) groups is 7. The van der Waals surface area contributed by atoms with E-state index in [1.165, 1.54) is 47.2 Å². The van der Waals surface area contributed by atoms with Crippen molar-refractivity contribution >= 4 is 204 Å². The smallest absolute Gasteiger partial charge is 0.544 e. The molecule has 2 atom stereocenters. The monoisotopic (exact) mass is 1720 g/mol. The van der Waals surface area contributed by atoms with Crippen molar-refractivity contribution in [3.8, 4) is 6.07 Å². The molecular formula is C80H66ClLiN12O16S7. The molecule has 0 aliphatic carbocycles. The Bertz CT molecular complexity index is 6100. The van der Waals surface area contributed by atoms with Gasteiger partial charge in [-0.3, -0.25) is 49.3 Å². The zero-order valence-electron chi connectivity index (χ0n) is 61.6. The molecule has 37 heteroatoms. The molecule has 16 aromatic rings. The quantitative estimate of drug-likeness (QED) is 0.0206. The number of nitrogens with two attached hydrogens (primary N) is 1. The SMILES string of the molecule is COC(=O)c1ccnc2ccsc12.Clc1ccnc2ccsc12.N#Cc1ccnc2ccsc12.N[C@H](CNC(=O)c1cc2nccc(CO)c2s1)C(=O)O.O=C(N[C@H](CNC(=O)c1cc2nccc(CO)c2s1)C(=O)OCc1ccccc1)OCc1ccccc1.O=C([O-])c1cc2nccc(CO)c2s1.OCc1ccnc2ccsc12.[Li+]. The van der Waals surface area contributed by atoms with Gasteiger partial charge in [0.25, 0.3) is 11.8 Å². The minimum atomic E-state index is -1.21. The van der Waals surface area contributed by atoms with Gasteiger partial charge in [-0.25, -0.2) is 14.4 Å². The Morgan fingerprint density at radius 3 is 1.36 bits per heavy atom. The molecule has 0 radical (unpaired) electrons. The summed E-state index contributed by atoms with van der Waals surface area (Å²) in [6.45, 7) is -0.672. The summed E-state index contributed by atoms with van der Waals surface area (Å²) in [4.78, 5) is 112. The molecule has 3 amide bonds. The number of rotatable bonds is 19. The predicted molar refractivity (Wildman–Crippen MR) is 446 cm³/mol. The van der Waals surface area contributed by atoms with E-state index in [1.807, 2.05) is 100 Å². The number of fused-ring (bicyclic) bond motifs is 7. The van der Waals surface area contributed by atoms with Crippen LogP contribution in [0.25, 0.3) is 71.5 Å². The number of aliphatic hydroxyl groups is 4. The zero-order valence-corrected chi connectivity index (χ0v) is 68.1. The van der Waals surface area contributed by atoms with Crippen molar-refractivity contribution in [2.24, 2.45) is 5.73 Å². The Labute approximate surface area is 710 Å². The van der Waals surface area contributed by atoms with Crippen LogP contribution < -0.4 is 45.7 Å². The molecule has 0 saturated heterocycles. The Balaban J connectivity index is 0.000000166. The second-order valence-electron chi connectivity index (χ2n) is 23.6. The number of nitriles is 1. The molecule has 592 valence electrons. The minimum Gasteiger partial charge on any atom is -0.544 e. The number of aromatic nitrogens is 7. The minimum absolute atomic E-state index is 0. The van der Waals surface area contributed by atoms with Crippen molar-refractivity contribution in [2.75, 3.05) is 20.2 Å². The normalized spacial score (nSPS) is 11.0. The molecule has 14 heterocycles. The van der Waals surface area contributed by atoms with Crippen molar-refractivity contribution in [1.82, 2.24) is 50.8 Å². The number of hydrogen-bond acceptors (Lipinski definition) is 31. The molecular weight excluding hydrogens is 1650 g/mol. The molecule has 0 unspecified atom stereocenters. The summed E-state index contributed by atoms with van der Waals surface area (Å²) in [5, 5.41) is 80.8. The number of thiophene rings is 7. The van der Waals surface area contributed by atoms with Crippen LogP contribution in [0, 0.1) is 11.3 Å². The van der Waals surface area contributed by atoms with E-state index in [1.54, 1.807) is 138 Å². The summed E-state index contributed by atoms with van der Waals surface area (Å²) < 4.78 is 21.4. The fourth-order valence-corrected chi connectivity index (χ4v) is 16.9. The average Bonchev–Trinajstić information content (AvgIpc) is 1.68. The Morgan fingerprint density at radius 2 is 0.889 bits per heavy atom. The van der Waals surface area contributed by atoms with Crippen LogP contribution in [-0.4, -0.2) is 134 Å². The van der Waals surface area contributed by atoms with E-state index in [0.29, 0.717) is 63.5 Å². The molecule has 14 aromatic heterocycles. The number of amides is 3. The number of carbonyl (C=O) groups excluding carboxylic acids is 6. The van der Waals surface area contributed by atoms with Crippen LogP contribution in [0.3, 0.4) is 0 Å². The first-order valence-corrected chi connectivity index (χ1v) is 40.6. The first-order valence-electron chi connectivity index (χ1n) is 34.2. The second kappa shape index (κ2) is 45.1. The number of nitrogens with zero attached hydrogens (tertiary/aromatic N) is 8. The first kappa shape index (κ1) is 89.4. The van der Waals surface area contributed by atoms with Gasteiger partial charge in [-0.2, -0.15) is 5.26 Å². The molecule has 2 aromatic carbocycles. The molecule has 0 aliphatic rings. The summed E-state index contributed by atoms with van der Waals surface area (Å²) in [6, 6.07) is 42.5. The van der Waals surface area contributed by atoms with Gasteiger partial charge in [0.2, 0.25) is 0 Å². The van der Waals surface area contributed by atoms with Crippen LogP contribution in [0.5, 0.6) is 0 Å². The number of methoxy groups -OCH3 is 1. The zero-order chi connectivity index (χ0) is 82.5. The van der Waals surface area contributed by atoms with Gasteiger partial charge in [0, 0.05) is 56.5 Å².